The van der Waals surface area contributed by atoms with Crippen LogP contribution in [0, 0.1) is 6.92 Å². The van der Waals surface area contributed by atoms with Crippen molar-refractivity contribution in [2.24, 2.45) is 0 Å². The average molecular weight is 526 g/mol. The lowest BCUT2D eigenvalue weighted by atomic mass is 10.1. The largest absolute Gasteiger partial charge is 0.375 e. The van der Waals surface area contributed by atoms with Crippen molar-refractivity contribution in [3.05, 3.63) is 102 Å². The van der Waals surface area contributed by atoms with Crippen molar-refractivity contribution >= 4 is 10.0 Å². The van der Waals surface area contributed by atoms with Crippen molar-refractivity contribution in [3.8, 4) is 0 Å². The zero-order valence-electron chi connectivity index (χ0n) is 21.5. The van der Waals surface area contributed by atoms with Gasteiger partial charge in [-0.3, -0.25) is 0 Å². The summed E-state index contributed by atoms with van der Waals surface area (Å²) in [4.78, 5) is 0.178. The van der Waals surface area contributed by atoms with Gasteiger partial charge in [-0.2, -0.15) is 0 Å². The highest BCUT2D eigenvalue weighted by Crippen LogP contribution is 2.28. The highest BCUT2D eigenvalue weighted by atomic mass is 32.2. The van der Waals surface area contributed by atoms with Crippen LogP contribution in [0.4, 0.5) is 0 Å². The minimum absolute atomic E-state index is 0.0831. The van der Waals surface area contributed by atoms with Crippen LogP contribution in [0.2, 0.25) is 0 Å². The van der Waals surface area contributed by atoms with E-state index >= 15 is 0 Å². The minimum Gasteiger partial charge on any atom is -0.375 e. The first-order valence-corrected chi connectivity index (χ1v) is 13.9. The SMILES string of the molecule is Cc1ccc(S(=O)(=O)N[C@H](COCc2ccccc2)[C@@H](OCc2ccccc2)[C@H]2COC(C)(C)O2)cc1. The van der Waals surface area contributed by atoms with Gasteiger partial charge in [-0.05, 0) is 44.0 Å². The van der Waals surface area contributed by atoms with Crippen molar-refractivity contribution in [3.63, 3.8) is 0 Å². The van der Waals surface area contributed by atoms with Crippen LogP contribution in [0.15, 0.2) is 89.8 Å². The molecule has 0 unspecified atom stereocenters. The second kappa shape index (κ2) is 12.3. The smallest absolute Gasteiger partial charge is 0.240 e. The highest BCUT2D eigenvalue weighted by molar-refractivity contribution is 7.89. The lowest BCUT2D eigenvalue weighted by molar-refractivity contribution is -0.163. The van der Waals surface area contributed by atoms with E-state index in [0.717, 1.165) is 16.7 Å². The molecule has 1 N–H and O–H groups in total. The molecule has 1 fully saturated rings. The van der Waals surface area contributed by atoms with Crippen molar-refractivity contribution in [1.82, 2.24) is 4.72 Å². The number of nitrogens with one attached hydrogen (secondary N) is 1. The van der Waals surface area contributed by atoms with Gasteiger partial charge in [-0.15, -0.1) is 0 Å². The van der Waals surface area contributed by atoms with E-state index in [1.165, 1.54) is 0 Å². The number of hydrogen-bond donors (Lipinski definition) is 1. The van der Waals surface area contributed by atoms with Crippen molar-refractivity contribution < 1.29 is 27.4 Å². The van der Waals surface area contributed by atoms with E-state index in [9.17, 15) is 8.42 Å². The molecule has 0 saturated carbocycles. The molecular formula is C29H35NO6S. The zero-order valence-corrected chi connectivity index (χ0v) is 22.3. The summed E-state index contributed by atoms with van der Waals surface area (Å²) in [6.07, 6.45) is -1.16. The van der Waals surface area contributed by atoms with Crippen molar-refractivity contribution in [2.45, 2.75) is 62.9 Å². The maximum absolute atomic E-state index is 13.4. The Bertz CT molecular complexity index is 1220. The Morgan fingerprint density at radius 2 is 1.51 bits per heavy atom. The van der Waals surface area contributed by atoms with Gasteiger partial charge in [0, 0.05) is 0 Å². The standard InChI is InChI=1S/C29H35NO6S/c1-22-14-16-25(17-15-22)37(31,32)30-26(20-33-18-23-10-6-4-7-11-23)28(27-21-35-29(2,3)36-27)34-19-24-12-8-5-9-13-24/h4-17,26-28,30H,18-21H2,1-3H3/t26-,27-,28-/m1/s1. The van der Waals surface area contributed by atoms with E-state index in [4.69, 9.17) is 18.9 Å². The Morgan fingerprint density at radius 3 is 2.08 bits per heavy atom. The predicted octanol–water partition coefficient (Wildman–Crippen LogP) is 4.60. The number of sulfonamides is 1. The molecule has 3 aromatic rings. The van der Waals surface area contributed by atoms with E-state index in [-0.39, 0.29) is 24.7 Å². The summed E-state index contributed by atoms with van der Waals surface area (Å²) in [5.74, 6) is -0.801. The van der Waals surface area contributed by atoms with Crippen molar-refractivity contribution in [2.75, 3.05) is 13.2 Å². The first kappa shape index (κ1) is 27.4. The summed E-state index contributed by atoms with van der Waals surface area (Å²) in [5, 5.41) is 0. The summed E-state index contributed by atoms with van der Waals surface area (Å²) in [5.41, 5.74) is 2.94. The molecule has 1 aliphatic rings. The lowest BCUT2D eigenvalue weighted by Crippen LogP contribution is -2.53. The van der Waals surface area contributed by atoms with E-state index in [2.05, 4.69) is 4.72 Å². The van der Waals surface area contributed by atoms with Crippen LogP contribution in [-0.4, -0.2) is 45.7 Å². The quantitative estimate of drug-likeness (QED) is 0.372. The summed E-state index contributed by atoms with van der Waals surface area (Å²) in [6.45, 7) is 6.55. The van der Waals surface area contributed by atoms with Crippen LogP contribution >= 0.6 is 0 Å². The average Bonchev–Trinajstić information content (AvgIpc) is 3.24. The Hall–Kier alpha value is -2.59. The molecule has 0 bridgehead atoms. The second-order valence-electron chi connectivity index (χ2n) is 9.67. The van der Waals surface area contributed by atoms with Crippen molar-refractivity contribution in [1.29, 1.82) is 0 Å². The Labute approximate surface area is 219 Å². The van der Waals surface area contributed by atoms with Gasteiger partial charge in [0.1, 0.15) is 12.2 Å². The molecule has 4 rings (SSSR count). The Balaban J connectivity index is 1.59. The molecular weight excluding hydrogens is 490 g/mol. The fourth-order valence-electron chi connectivity index (χ4n) is 4.19. The number of hydrogen-bond acceptors (Lipinski definition) is 6. The van der Waals surface area contributed by atoms with Crippen LogP contribution in [0.5, 0.6) is 0 Å². The van der Waals surface area contributed by atoms with Gasteiger partial charge in [0.05, 0.1) is 37.4 Å². The molecule has 0 amide bonds. The lowest BCUT2D eigenvalue weighted by Gasteiger charge is -2.32. The van der Waals surface area contributed by atoms with Gasteiger partial charge in [0.15, 0.2) is 5.79 Å². The van der Waals surface area contributed by atoms with Gasteiger partial charge in [-0.1, -0.05) is 78.4 Å². The zero-order chi connectivity index (χ0) is 26.3. The molecule has 1 saturated heterocycles. The summed E-state index contributed by atoms with van der Waals surface area (Å²) >= 11 is 0. The number of ether oxygens (including phenoxy) is 4. The molecule has 0 aliphatic carbocycles. The van der Waals surface area contributed by atoms with Gasteiger partial charge in [0.2, 0.25) is 10.0 Å². The molecule has 0 aromatic heterocycles. The highest BCUT2D eigenvalue weighted by Gasteiger charge is 2.42. The second-order valence-corrected chi connectivity index (χ2v) is 11.4. The van der Waals surface area contributed by atoms with Crippen LogP contribution in [0.3, 0.4) is 0 Å². The molecule has 37 heavy (non-hydrogen) atoms. The van der Waals surface area contributed by atoms with E-state index in [1.807, 2.05) is 81.4 Å². The Morgan fingerprint density at radius 1 is 0.919 bits per heavy atom. The maximum atomic E-state index is 13.4. The molecule has 3 aromatic carbocycles. The van der Waals surface area contributed by atoms with E-state index in [1.54, 1.807) is 24.3 Å². The predicted molar refractivity (Wildman–Crippen MR) is 141 cm³/mol. The topological polar surface area (TPSA) is 83.1 Å². The fourth-order valence-corrected chi connectivity index (χ4v) is 5.42. The molecule has 0 spiro atoms. The molecule has 3 atom stereocenters. The third kappa shape index (κ3) is 7.95. The number of aryl methyl sites for hydroxylation is 1. The van der Waals surface area contributed by atoms with Crippen LogP contribution in [0.25, 0.3) is 0 Å². The molecule has 0 radical (unpaired) electrons. The normalized spacial score (nSPS) is 18.9. The van der Waals surface area contributed by atoms with Gasteiger partial charge < -0.3 is 18.9 Å². The maximum Gasteiger partial charge on any atom is 0.240 e. The van der Waals surface area contributed by atoms with Gasteiger partial charge in [-0.25, -0.2) is 13.1 Å². The van der Waals surface area contributed by atoms with Crippen LogP contribution in [-0.2, 0) is 42.2 Å². The molecule has 198 valence electrons. The first-order valence-electron chi connectivity index (χ1n) is 12.4. The fraction of sp³-hybridized carbons (Fsp3) is 0.379. The summed E-state index contributed by atoms with van der Waals surface area (Å²) in [6, 6.07) is 25.5. The van der Waals surface area contributed by atoms with Gasteiger partial charge >= 0.3 is 0 Å². The first-order chi connectivity index (χ1) is 17.7. The monoisotopic (exact) mass is 525 g/mol. The molecule has 1 aliphatic heterocycles. The third-order valence-corrected chi connectivity index (χ3v) is 7.63. The summed E-state index contributed by atoms with van der Waals surface area (Å²) < 4.78 is 54.0. The minimum atomic E-state index is -3.86. The van der Waals surface area contributed by atoms with Crippen LogP contribution < -0.4 is 4.72 Å². The summed E-state index contributed by atoms with van der Waals surface area (Å²) in [7, 11) is -3.86. The number of benzene rings is 3. The van der Waals surface area contributed by atoms with Gasteiger partial charge in [0.25, 0.3) is 0 Å². The Kier molecular flexibility index (Phi) is 9.13. The van der Waals surface area contributed by atoms with Crippen LogP contribution in [0.1, 0.15) is 30.5 Å². The van der Waals surface area contributed by atoms with E-state index in [0.29, 0.717) is 6.61 Å². The van der Waals surface area contributed by atoms with E-state index < -0.39 is 34.1 Å². The molecule has 7 nitrogen and oxygen atoms in total. The molecule has 8 heteroatoms. The third-order valence-electron chi connectivity index (χ3n) is 6.13. The molecule has 1 heterocycles. The number of rotatable bonds is 12.